The lowest BCUT2D eigenvalue weighted by Gasteiger charge is -2.59. The van der Waals surface area contributed by atoms with E-state index in [2.05, 4.69) is 13.8 Å². The number of carbonyl (C=O) groups excluding carboxylic acids is 1. The summed E-state index contributed by atoms with van der Waals surface area (Å²) < 4.78 is 19.6. The van der Waals surface area contributed by atoms with Crippen LogP contribution in [-0.4, -0.2) is 28.7 Å². The van der Waals surface area contributed by atoms with E-state index in [9.17, 15) is 14.3 Å². The van der Waals surface area contributed by atoms with Crippen LogP contribution < -0.4 is 0 Å². The number of hydrogen-bond donors (Lipinski definition) is 1. The molecule has 4 aliphatic carbocycles. The van der Waals surface area contributed by atoms with Crippen LogP contribution in [0.2, 0.25) is 0 Å². The standard InChI is InChI=1S/C28H35FO3/c1-26-13-12-22-20(15-25-28(32-25)16-19(30)11-14-27(22,28)2)21(26)8-9-23(26)24(31)10-5-17-3-6-18(29)7-4-17/h3-7,10,19-23,25,30H,8-9,11-16H2,1-2H3/b10-5+/t19-,20-,21-,22-,23+,25-,26-,27+,28-/m0/s1. The summed E-state index contributed by atoms with van der Waals surface area (Å²) in [5, 5.41) is 10.3. The van der Waals surface area contributed by atoms with Gasteiger partial charge < -0.3 is 9.84 Å². The molecule has 1 aromatic carbocycles. The van der Waals surface area contributed by atoms with Crippen LogP contribution >= 0.6 is 0 Å². The third-order valence-electron chi connectivity index (χ3n) is 10.7. The van der Waals surface area contributed by atoms with Crippen LogP contribution in [0.4, 0.5) is 4.39 Å². The number of hydrogen-bond acceptors (Lipinski definition) is 3. The van der Waals surface area contributed by atoms with Gasteiger partial charge >= 0.3 is 0 Å². The Labute approximate surface area is 190 Å². The Morgan fingerprint density at radius 2 is 1.88 bits per heavy atom. The van der Waals surface area contributed by atoms with Crippen molar-refractivity contribution >= 4 is 11.9 Å². The number of aliphatic hydroxyl groups excluding tert-OH is 1. The Bertz CT molecular complexity index is 956. The fraction of sp³-hybridized carbons (Fsp3) is 0.679. The summed E-state index contributed by atoms with van der Waals surface area (Å²) in [4.78, 5) is 13.3. The fourth-order valence-electron chi connectivity index (χ4n) is 8.99. The van der Waals surface area contributed by atoms with E-state index >= 15 is 0 Å². The summed E-state index contributed by atoms with van der Waals surface area (Å²) >= 11 is 0. The molecule has 0 unspecified atom stereocenters. The lowest BCUT2D eigenvalue weighted by atomic mass is 9.44. The lowest BCUT2D eigenvalue weighted by molar-refractivity contribution is -0.131. The number of halogens is 1. The topological polar surface area (TPSA) is 49.8 Å². The SMILES string of the molecule is C[C@]12CC[C@H]3[C@@H](C[C@@H]4O[C@@]45C[C@@H](O)CC[C@]35C)[C@@H]1CC[C@@H]2C(=O)/C=C/c1ccc(F)cc1. The van der Waals surface area contributed by atoms with E-state index in [1.165, 1.54) is 18.6 Å². The average molecular weight is 439 g/mol. The van der Waals surface area contributed by atoms with Crippen molar-refractivity contribution in [2.24, 2.45) is 34.5 Å². The molecule has 1 heterocycles. The van der Waals surface area contributed by atoms with E-state index in [1.54, 1.807) is 18.2 Å². The molecule has 0 aromatic heterocycles. The zero-order chi connectivity index (χ0) is 22.3. The van der Waals surface area contributed by atoms with Crippen molar-refractivity contribution in [2.75, 3.05) is 0 Å². The predicted molar refractivity (Wildman–Crippen MR) is 121 cm³/mol. The Hall–Kier alpha value is -1.52. The first-order valence-electron chi connectivity index (χ1n) is 12.6. The Kier molecular flexibility index (Phi) is 4.60. The van der Waals surface area contributed by atoms with Crippen molar-refractivity contribution in [3.8, 4) is 0 Å². The van der Waals surface area contributed by atoms with Gasteiger partial charge in [-0.15, -0.1) is 0 Å². The monoisotopic (exact) mass is 438 g/mol. The molecular formula is C28H35FO3. The molecule has 1 spiro atoms. The number of aliphatic hydroxyl groups is 1. The second kappa shape index (κ2) is 6.99. The molecule has 172 valence electrons. The van der Waals surface area contributed by atoms with E-state index < -0.39 is 0 Å². The number of rotatable bonds is 3. The van der Waals surface area contributed by atoms with Gasteiger partial charge in [-0.2, -0.15) is 0 Å². The van der Waals surface area contributed by atoms with Gasteiger partial charge in [0.25, 0.3) is 0 Å². The van der Waals surface area contributed by atoms with Crippen molar-refractivity contribution in [2.45, 2.75) is 83.0 Å². The molecule has 5 aliphatic rings. The van der Waals surface area contributed by atoms with Crippen LogP contribution in [0.25, 0.3) is 6.08 Å². The van der Waals surface area contributed by atoms with Gasteiger partial charge in [-0.3, -0.25) is 4.79 Å². The fourth-order valence-corrected chi connectivity index (χ4v) is 8.99. The molecule has 9 atom stereocenters. The van der Waals surface area contributed by atoms with Crippen molar-refractivity contribution in [3.63, 3.8) is 0 Å². The number of fused-ring (bicyclic) bond motifs is 4. The molecule has 4 heteroatoms. The number of allylic oxidation sites excluding steroid dienone is 1. The minimum atomic E-state index is -0.256. The molecule has 6 rings (SSSR count). The summed E-state index contributed by atoms with van der Waals surface area (Å²) in [5.41, 5.74) is 1.02. The minimum Gasteiger partial charge on any atom is -0.393 e. The third-order valence-corrected chi connectivity index (χ3v) is 10.7. The zero-order valence-electron chi connectivity index (χ0n) is 19.2. The molecule has 0 bridgehead atoms. The number of carbonyl (C=O) groups is 1. The van der Waals surface area contributed by atoms with Gasteiger partial charge in [0, 0.05) is 17.8 Å². The second-order valence-corrected chi connectivity index (χ2v) is 11.9. The maximum Gasteiger partial charge on any atom is 0.159 e. The summed E-state index contributed by atoms with van der Waals surface area (Å²) in [6.45, 7) is 4.82. The molecule has 0 radical (unpaired) electrons. The Morgan fingerprint density at radius 3 is 2.66 bits per heavy atom. The quantitative estimate of drug-likeness (QED) is 0.497. The van der Waals surface area contributed by atoms with Crippen LogP contribution in [0.3, 0.4) is 0 Å². The van der Waals surface area contributed by atoms with E-state index in [-0.39, 0.29) is 40.1 Å². The van der Waals surface area contributed by atoms with Gasteiger partial charge in [-0.25, -0.2) is 4.39 Å². The van der Waals surface area contributed by atoms with Gasteiger partial charge in [-0.05, 0) is 91.9 Å². The number of ether oxygens (including phenoxy) is 1. The zero-order valence-corrected chi connectivity index (χ0v) is 19.2. The minimum absolute atomic E-state index is 0.0603. The Morgan fingerprint density at radius 1 is 1.09 bits per heavy atom. The highest BCUT2D eigenvalue weighted by atomic mass is 19.1. The smallest absolute Gasteiger partial charge is 0.159 e. The van der Waals surface area contributed by atoms with E-state index in [4.69, 9.17) is 4.74 Å². The third kappa shape index (κ3) is 2.81. The highest BCUT2D eigenvalue weighted by Crippen LogP contribution is 2.73. The van der Waals surface area contributed by atoms with Crippen LogP contribution in [0, 0.1) is 40.3 Å². The molecule has 4 saturated carbocycles. The van der Waals surface area contributed by atoms with E-state index in [1.807, 2.05) is 6.08 Å². The first-order chi connectivity index (χ1) is 15.3. The number of ketones is 1. The largest absolute Gasteiger partial charge is 0.393 e. The van der Waals surface area contributed by atoms with Crippen molar-refractivity contribution in [3.05, 3.63) is 41.7 Å². The molecule has 1 saturated heterocycles. The summed E-state index contributed by atoms with van der Waals surface area (Å²) in [6, 6.07) is 6.31. The van der Waals surface area contributed by atoms with Gasteiger partial charge in [-0.1, -0.05) is 32.1 Å². The van der Waals surface area contributed by atoms with E-state index in [0.29, 0.717) is 23.9 Å². The van der Waals surface area contributed by atoms with Crippen LogP contribution in [0.1, 0.15) is 70.8 Å². The molecule has 3 nitrogen and oxygen atoms in total. The second-order valence-electron chi connectivity index (χ2n) is 11.9. The molecule has 1 aromatic rings. The maximum atomic E-state index is 13.3. The summed E-state index contributed by atoms with van der Waals surface area (Å²) in [5.74, 6) is 1.92. The van der Waals surface area contributed by atoms with Crippen molar-refractivity contribution < 1.29 is 19.0 Å². The average Bonchev–Trinajstić information content (AvgIpc) is 3.34. The number of benzene rings is 1. The first-order valence-corrected chi connectivity index (χ1v) is 12.6. The van der Waals surface area contributed by atoms with E-state index in [0.717, 1.165) is 50.5 Å². The highest BCUT2D eigenvalue weighted by molar-refractivity contribution is 5.96. The van der Waals surface area contributed by atoms with Crippen molar-refractivity contribution in [1.29, 1.82) is 0 Å². The number of epoxide rings is 1. The molecule has 5 fully saturated rings. The van der Waals surface area contributed by atoms with Crippen LogP contribution in [0.15, 0.2) is 30.3 Å². The Balaban J connectivity index is 1.22. The summed E-state index contributed by atoms with van der Waals surface area (Å²) in [7, 11) is 0. The predicted octanol–water partition coefficient (Wildman–Crippen LogP) is 5.56. The molecular weight excluding hydrogens is 403 g/mol. The molecule has 32 heavy (non-hydrogen) atoms. The summed E-state index contributed by atoms with van der Waals surface area (Å²) in [6.07, 6.45) is 12.0. The van der Waals surface area contributed by atoms with Gasteiger partial charge in [0.05, 0.1) is 12.2 Å². The lowest BCUT2D eigenvalue weighted by Crippen LogP contribution is -2.58. The van der Waals surface area contributed by atoms with Crippen LogP contribution in [0.5, 0.6) is 0 Å². The maximum absolute atomic E-state index is 13.3. The van der Waals surface area contributed by atoms with Gasteiger partial charge in [0.15, 0.2) is 5.78 Å². The normalized spacial score (nSPS) is 49.1. The van der Waals surface area contributed by atoms with Crippen LogP contribution in [-0.2, 0) is 9.53 Å². The molecule has 0 amide bonds. The van der Waals surface area contributed by atoms with Gasteiger partial charge in [0.1, 0.15) is 11.4 Å². The highest BCUT2D eigenvalue weighted by Gasteiger charge is 2.76. The molecule has 1 N–H and O–H groups in total. The van der Waals surface area contributed by atoms with Gasteiger partial charge in [0.2, 0.25) is 0 Å². The van der Waals surface area contributed by atoms with Crippen molar-refractivity contribution in [1.82, 2.24) is 0 Å². The molecule has 1 aliphatic heterocycles. The first kappa shape index (κ1) is 21.0.